The number of halogens is 2. The van der Waals surface area contributed by atoms with Gasteiger partial charge >= 0.3 is 0 Å². The summed E-state index contributed by atoms with van der Waals surface area (Å²) < 4.78 is 10.1. The molecule has 0 aliphatic carbocycles. The minimum atomic E-state index is -0.632. The van der Waals surface area contributed by atoms with Gasteiger partial charge in [-0.1, -0.05) is 77.5 Å². The third-order valence-corrected chi connectivity index (χ3v) is 5.57. The number of anilines is 1. The Morgan fingerprint density at radius 1 is 0.929 bits per heavy atom. The van der Waals surface area contributed by atoms with Crippen LogP contribution in [-0.4, -0.2) is 31.7 Å². The first-order valence-electron chi connectivity index (χ1n) is 11.6. The van der Waals surface area contributed by atoms with Crippen molar-refractivity contribution >= 4 is 46.9 Å². The van der Waals surface area contributed by atoms with E-state index in [9.17, 15) is 20.2 Å². The zero-order valence-corrected chi connectivity index (χ0v) is 24.8. The van der Waals surface area contributed by atoms with E-state index in [1.807, 2.05) is 0 Å². The van der Waals surface area contributed by atoms with Gasteiger partial charge < -0.3 is 35.4 Å². The summed E-state index contributed by atoms with van der Waals surface area (Å²) in [7, 11) is 1.39. The fraction of sp³-hybridized carbons (Fsp3) is 0.0690. The predicted molar refractivity (Wildman–Crippen MR) is 153 cm³/mol. The minimum Gasteiger partial charge on any atom is -2.00 e. The summed E-state index contributed by atoms with van der Waals surface area (Å²) in [5.41, 5.74) is 0.991. The zero-order chi connectivity index (χ0) is 28.9. The molecule has 0 saturated heterocycles. The maximum atomic E-state index is 11.9. The summed E-state index contributed by atoms with van der Waals surface area (Å²) in [5, 5.41) is 43.3. The summed E-state index contributed by atoms with van der Waals surface area (Å²) in [5.74, 6) is -1.02. The van der Waals surface area contributed by atoms with Gasteiger partial charge in [0.25, 0.3) is 0 Å². The van der Waals surface area contributed by atoms with Gasteiger partial charge in [-0.05, 0) is 54.1 Å². The molecule has 0 unspecified atom stereocenters. The van der Waals surface area contributed by atoms with E-state index in [4.69, 9.17) is 32.7 Å². The van der Waals surface area contributed by atoms with Crippen LogP contribution in [0.4, 0.5) is 5.69 Å². The van der Waals surface area contributed by atoms with E-state index in [-0.39, 0.29) is 52.7 Å². The van der Waals surface area contributed by atoms with E-state index < -0.39 is 11.8 Å². The van der Waals surface area contributed by atoms with Crippen molar-refractivity contribution in [2.75, 3.05) is 18.8 Å². The van der Waals surface area contributed by atoms with Gasteiger partial charge in [0.2, 0.25) is 5.91 Å². The monoisotopic (exact) mass is 645 g/mol. The normalized spacial score (nSPS) is 10.4. The minimum absolute atomic E-state index is 0. The molecule has 0 spiro atoms. The summed E-state index contributed by atoms with van der Waals surface area (Å²) in [4.78, 5) is 11.8. The first-order valence-corrected chi connectivity index (χ1v) is 12.4. The molecule has 0 fully saturated rings. The van der Waals surface area contributed by atoms with Gasteiger partial charge in [-0.25, -0.2) is 0 Å². The number of methoxy groups -OCH3 is 1. The topological polar surface area (TPSA) is 161 Å². The number of rotatable bonds is 8. The molecule has 13 heteroatoms. The van der Waals surface area contributed by atoms with Crippen molar-refractivity contribution < 1.29 is 48.5 Å². The Bertz CT molecular complexity index is 1480. The van der Waals surface area contributed by atoms with Crippen LogP contribution in [0.15, 0.2) is 107 Å². The Balaban J connectivity index is 0.000000429. The van der Waals surface area contributed by atoms with Crippen LogP contribution in [0.3, 0.4) is 0 Å². The van der Waals surface area contributed by atoms with E-state index in [1.54, 1.807) is 84.9 Å². The fourth-order valence-electron chi connectivity index (χ4n) is 3.09. The van der Waals surface area contributed by atoms with E-state index in [1.165, 1.54) is 25.5 Å². The molecule has 1 radical (unpaired) electrons. The quantitative estimate of drug-likeness (QED) is 0.149. The maximum absolute atomic E-state index is 11.9. The van der Waals surface area contributed by atoms with Crippen molar-refractivity contribution in [2.45, 2.75) is 0 Å². The molecule has 4 aromatic carbocycles. The van der Waals surface area contributed by atoms with Crippen LogP contribution in [0, 0.1) is 5.21 Å². The number of amides is 1. The molecule has 219 valence electrons. The van der Waals surface area contributed by atoms with Gasteiger partial charge in [0.1, 0.15) is 18.1 Å². The predicted octanol–water partition coefficient (Wildman–Crippen LogP) is 4.96. The number of hydrogen-bond acceptors (Lipinski definition) is 8. The molecule has 0 aromatic heterocycles. The van der Waals surface area contributed by atoms with Crippen LogP contribution in [0.5, 0.6) is 17.2 Å². The Morgan fingerprint density at radius 3 is 2.19 bits per heavy atom. The van der Waals surface area contributed by atoms with Crippen LogP contribution in [-0.2, 0) is 24.0 Å². The van der Waals surface area contributed by atoms with Gasteiger partial charge in [-0.15, -0.1) is 0 Å². The van der Waals surface area contributed by atoms with E-state index >= 15 is 0 Å². The number of para-hydroxylation sites is 2. The van der Waals surface area contributed by atoms with Crippen LogP contribution >= 0.6 is 23.2 Å². The van der Waals surface area contributed by atoms with Crippen LogP contribution in [0.25, 0.3) is 0 Å². The summed E-state index contributed by atoms with van der Waals surface area (Å²) >= 11 is 11.7. The maximum Gasteiger partial charge on any atom is 0.247 e. The SMILES string of the molecule is COc1cccc(/C=N/N=C(\[O-])COc2ccc(Cl)cc2Cl)c1[O-].O=C(c1ccccc1)N([O-])c1ccccc1.[O-2].[V]. The summed E-state index contributed by atoms with van der Waals surface area (Å²) in [6, 6.07) is 26.3. The first-order chi connectivity index (χ1) is 19.3. The van der Waals surface area contributed by atoms with E-state index in [0.717, 1.165) is 0 Å². The first kappa shape index (κ1) is 36.0. The number of carbonyl (C=O) groups excluding carboxylic acids is 1. The van der Waals surface area contributed by atoms with Crippen molar-refractivity contribution in [2.24, 2.45) is 10.2 Å². The van der Waals surface area contributed by atoms with Crippen molar-refractivity contribution in [3.8, 4) is 17.2 Å². The Kier molecular flexibility index (Phi) is 15.8. The number of hydroxylamine groups is 1. The molecule has 0 bridgehead atoms. The second-order valence-corrected chi connectivity index (χ2v) is 8.63. The summed E-state index contributed by atoms with van der Waals surface area (Å²) in [6.07, 6.45) is 1.18. The molecule has 0 aliphatic heterocycles. The number of carbonyl (C=O) groups is 1. The molecule has 1 amide bonds. The van der Waals surface area contributed by atoms with Gasteiger partial charge in [0.05, 0.1) is 18.3 Å². The Morgan fingerprint density at radius 2 is 1.57 bits per heavy atom. The molecule has 0 heterocycles. The number of nitrogens with zero attached hydrogens (tertiary/aromatic N) is 3. The number of benzene rings is 4. The average Bonchev–Trinajstić information content (AvgIpc) is 2.98. The van der Waals surface area contributed by atoms with Crippen molar-refractivity contribution in [3.05, 3.63) is 123 Å². The second kappa shape index (κ2) is 18.4. The van der Waals surface area contributed by atoms with Crippen LogP contribution in [0.2, 0.25) is 10.0 Å². The molecule has 4 aromatic rings. The molecular formula is C29H22Cl2N3O7V-5. The fourth-order valence-corrected chi connectivity index (χ4v) is 3.55. The van der Waals surface area contributed by atoms with Gasteiger partial charge in [-0.3, -0.25) is 4.79 Å². The molecule has 0 atom stereocenters. The van der Waals surface area contributed by atoms with Crippen LogP contribution in [0.1, 0.15) is 15.9 Å². The number of hydrogen-bond donors (Lipinski definition) is 0. The molecule has 0 N–H and O–H groups in total. The van der Waals surface area contributed by atoms with E-state index in [0.29, 0.717) is 27.1 Å². The van der Waals surface area contributed by atoms with Gasteiger partial charge in [0, 0.05) is 40.7 Å². The van der Waals surface area contributed by atoms with Crippen molar-refractivity contribution in [1.82, 2.24) is 0 Å². The van der Waals surface area contributed by atoms with E-state index in [2.05, 4.69) is 10.2 Å². The molecule has 0 saturated carbocycles. The van der Waals surface area contributed by atoms with Crippen LogP contribution < -0.4 is 24.7 Å². The van der Waals surface area contributed by atoms with Gasteiger partial charge in [0.15, 0.2) is 0 Å². The third kappa shape index (κ3) is 10.8. The largest absolute Gasteiger partial charge is 2.00 e. The molecule has 0 aliphatic rings. The Hall–Kier alpha value is -4.03. The molecule has 10 nitrogen and oxygen atoms in total. The average molecular weight is 646 g/mol. The molecule has 4 rings (SSSR count). The molecular weight excluding hydrogens is 624 g/mol. The second-order valence-electron chi connectivity index (χ2n) is 7.78. The zero-order valence-electron chi connectivity index (χ0n) is 21.9. The van der Waals surface area contributed by atoms with Crippen molar-refractivity contribution in [3.63, 3.8) is 0 Å². The smallest absolute Gasteiger partial charge is 0.247 e. The molecule has 42 heavy (non-hydrogen) atoms. The third-order valence-electron chi connectivity index (χ3n) is 5.04. The number of ether oxygens (including phenoxy) is 2. The standard InChI is InChI=1S/C16H14Cl2N2O4.C13H10NO2.O.V/c1-23-14-4-2-3-10(16(14)22)8-19-20-15(21)9-24-13-6-5-11(17)7-12(13)18;15-13(11-7-3-1-4-8-11)14(16)12-9-5-2-6-10-12;;/h2-8,22H,9H2,1H3,(H,20,21);1-10H;;/q;-1;-2;/p-2/b19-8+;;;. The Labute approximate surface area is 264 Å². The van der Waals surface area contributed by atoms with Gasteiger partial charge in [-0.2, -0.15) is 10.2 Å². The summed E-state index contributed by atoms with van der Waals surface area (Å²) in [6.45, 7) is -0.346. The van der Waals surface area contributed by atoms with Crippen molar-refractivity contribution in [1.29, 1.82) is 0 Å².